The van der Waals surface area contributed by atoms with Crippen LogP contribution in [0.25, 0.3) is 0 Å². The molecule has 0 aliphatic heterocycles. The van der Waals surface area contributed by atoms with Crippen LogP contribution in [0.15, 0.2) is 4.52 Å². The lowest BCUT2D eigenvalue weighted by Crippen LogP contribution is -2.33. The van der Waals surface area contributed by atoms with Gasteiger partial charge in [-0.3, -0.25) is 4.79 Å². The minimum atomic E-state index is -0.704. The second-order valence-corrected chi connectivity index (χ2v) is 6.70. The fourth-order valence-corrected chi connectivity index (χ4v) is 3.85. The third kappa shape index (κ3) is 3.11. The highest BCUT2D eigenvalue weighted by Gasteiger charge is 2.40. The Kier molecular flexibility index (Phi) is 4.27. The van der Waals surface area contributed by atoms with E-state index in [0.29, 0.717) is 18.2 Å². The van der Waals surface area contributed by atoms with Gasteiger partial charge in [0.05, 0.1) is 5.41 Å². The van der Waals surface area contributed by atoms with E-state index in [4.69, 9.17) is 4.52 Å². The first-order valence-electron chi connectivity index (χ1n) is 8.25. The van der Waals surface area contributed by atoms with Crippen molar-refractivity contribution < 1.29 is 14.4 Å². The summed E-state index contributed by atoms with van der Waals surface area (Å²) >= 11 is 0. The van der Waals surface area contributed by atoms with Crippen molar-refractivity contribution in [2.75, 3.05) is 0 Å². The Balaban J connectivity index is 1.74. The zero-order valence-corrected chi connectivity index (χ0v) is 12.5. The summed E-state index contributed by atoms with van der Waals surface area (Å²) < 4.78 is 5.37. The van der Waals surface area contributed by atoms with Crippen molar-refractivity contribution in [1.29, 1.82) is 0 Å². The third-order valence-corrected chi connectivity index (χ3v) is 5.21. The number of aromatic nitrogens is 2. The van der Waals surface area contributed by atoms with E-state index in [-0.39, 0.29) is 0 Å². The molecule has 1 aromatic rings. The van der Waals surface area contributed by atoms with Crippen molar-refractivity contribution in [2.45, 2.75) is 76.5 Å². The van der Waals surface area contributed by atoms with Crippen LogP contribution >= 0.6 is 0 Å². The molecule has 0 unspecified atom stereocenters. The molecule has 2 aliphatic rings. The lowest BCUT2D eigenvalue weighted by molar-refractivity contribution is -0.150. The molecule has 0 aromatic carbocycles. The molecule has 0 radical (unpaired) electrons. The van der Waals surface area contributed by atoms with Crippen LogP contribution < -0.4 is 0 Å². The molecule has 2 saturated carbocycles. The molecule has 0 amide bonds. The Labute approximate surface area is 125 Å². The highest BCUT2D eigenvalue weighted by Crippen LogP contribution is 2.39. The number of carboxylic acid groups (broad SMARTS) is 1. The van der Waals surface area contributed by atoms with Crippen molar-refractivity contribution in [3.63, 3.8) is 0 Å². The van der Waals surface area contributed by atoms with E-state index < -0.39 is 11.4 Å². The molecule has 0 bridgehead atoms. The van der Waals surface area contributed by atoms with Gasteiger partial charge in [-0.05, 0) is 25.7 Å². The first-order chi connectivity index (χ1) is 10.2. The largest absolute Gasteiger partial charge is 0.481 e. The van der Waals surface area contributed by atoms with Crippen LogP contribution in [-0.2, 0) is 11.2 Å². The van der Waals surface area contributed by atoms with Gasteiger partial charge in [0.2, 0.25) is 5.89 Å². The summed E-state index contributed by atoms with van der Waals surface area (Å²) in [6.45, 7) is 0. The van der Waals surface area contributed by atoms with E-state index in [1.54, 1.807) is 0 Å². The van der Waals surface area contributed by atoms with Crippen LogP contribution in [0.1, 0.15) is 81.8 Å². The van der Waals surface area contributed by atoms with Crippen LogP contribution in [0.4, 0.5) is 0 Å². The van der Waals surface area contributed by atoms with Crippen molar-refractivity contribution in [2.24, 2.45) is 5.41 Å². The summed E-state index contributed by atoms with van der Waals surface area (Å²) in [4.78, 5) is 16.3. The highest BCUT2D eigenvalue weighted by molar-refractivity contribution is 5.74. The number of carboxylic acids is 1. The van der Waals surface area contributed by atoms with Gasteiger partial charge in [-0.15, -0.1) is 0 Å². The molecule has 5 heteroatoms. The predicted octanol–water partition coefficient (Wildman–Crippen LogP) is 3.69. The SMILES string of the molecule is O=C(O)C1(Cc2nc(C3CCCC3)no2)CCCCCC1. The molecule has 2 fully saturated rings. The van der Waals surface area contributed by atoms with E-state index >= 15 is 0 Å². The topological polar surface area (TPSA) is 76.2 Å². The van der Waals surface area contributed by atoms with E-state index in [0.717, 1.165) is 57.2 Å². The van der Waals surface area contributed by atoms with Gasteiger partial charge in [0.15, 0.2) is 5.82 Å². The second kappa shape index (κ2) is 6.16. The number of nitrogens with zero attached hydrogens (tertiary/aromatic N) is 2. The summed E-state index contributed by atoms with van der Waals surface area (Å²) in [5, 5.41) is 13.8. The minimum absolute atomic E-state index is 0.391. The number of carbonyl (C=O) groups is 1. The molecular formula is C16H24N2O3. The van der Waals surface area contributed by atoms with Crippen LogP contribution in [0.5, 0.6) is 0 Å². The van der Waals surface area contributed by atoms with Gasteiger partial charge in [-0.2, -0.15) is 4.98 Å². The molecule has 0 atom stereocenters. The van der Waals surface area contributed by atoms with Gasteiger partial charge < -0.3 is 9.63 Å². The van der Waals surface area contributed by atoms with Gasteiger partial charge in [0.1, 0.15) is 0 Å². The van der Waals surface area contributed by atoms with E-state index in [1.807, 2.05) is 0 Å². The summed E-state index contributed by atoms with van der Waals surface area (Å²) in [7, 11) is 0. The zero-order chi connectivity index (χ0) is 14.7. The standard InChI is InChI=1S/C16H24N2O3/c19-15(20)16(9-5-1-2-6-10-16)11-13-17-14(18-21-13)12-7-3-4-8-12/h12H,1-11H2,(H,19,20). The van der Waals surface area contributed by atoms with Crippen LogP contribution in [0.3, 0.4) is 0 Å². The van der Waals surface area contributed by atoms with E-state index in [9.17, 15) is 9.90 Å². The molecule has 1 heterocycles. The van der Waals surface area contributed by atoms with E-state index in [2.05, 4.69) is 10.1 Å². The Bertz CT molecular complexity index is 483. The second-order valence-electron chi connectivity index (χ2n) is 6.70. The summed E-state index contributed by atoms with van der Waals surface area (Å²) in [6, 6.07) is 0. The summed E-state index contributed by atoms with van der Waals surface area (Å²) in [5.74, 6) is 1.01. The molecule has 1 aromatic heterocycles. The predicted molar refractivity (Wildman–Crippen MR) is 77.0 cm³/mol. The maximum atomic E-state index is 11.8. The van der Waals surface area contributed by atoms with Gasteiger partial charge in [0.25, 0.3) is 0 Å². The average Bonchev–Trinajstić information content (AvgIpc) is 3.07. The Hall–Kier alpha value is -1.39. The lowest BCUT2D eigenvalue weighted by atomic mass is 9.77. The van der Waals surface area contributed by atoms with Gasteiger partial charge in [-0.25, -0.2) is 0 Å². The average molecular weight is 292 g/mol. The number of rotatable bonds is 4. The van der Waals surface area contributed by atoms with E-state index in [1.165, 1.54) is 12.8 Å². The molecule has 0 saturated heterocycles. The van der Waals surface area contributed by atoms with Crippen LogP contribution in [0, 0.1) is 5.41 Å². The fourth-order valence-electron chi connectivity index (χ4n) is 3.85. The van der Waals surface area contributed by atoms with Crippen molar-refractivity contribution in [3.8, 4) is 0 Å². The maximum absolute atomic E-state index is 11.8. The number of hydrogen-bond acceptors (Lipinski definition) is 4. The Morgan fingerprint density at radius 2 is 1.81 bits per heavy atom. The Morgan fingerprint density at radius 1 is 1.14 bits per heavy atom. The van der Waals surface area contributed by atoms with Gasteiger partial charge in [-0.1, -0.05) is 43.7 Å². The molecule has 0 spiro atoms. The molecule has 3 rings (SSSR count). The number of hydrogen-bond donors (Lipinski definition) is 1. The Morgan fingerprint density at radius 3 is 2.43 bits per heavy atom. The van der Waals surface area contributed by atoms with Crippen molar-refractivity contribution >= 4 is 5.97 Å². The first kappa shape index (κ1) is 14.5. The molecule has 1 N–H and O–H groups in total. The minimum Gasteiger partial charge on any atom is -0.481 e. The first-order valence-corrected chi connectivity index (χ1v) is 8.25. The van der Waals surface area contributed by atoms with Gasteiger partial charge >= 0.3 is 5.97 Å². The zero-order valence-electron chi connectivity index (χ0n) is 12.5. The molecule has 21 heavy (non-hydrogen) atoms. The number of aliphatic carboxylic acids is 1. The van der Waals surface area contributed by atoms with Crippen molar-refractivity contribution in [1.82, 2.24) is 10.1 Å². The molecular weight excluding hydrogens is 268 g/mol. The van der Waals surface area contributed by atoms with Gasteiger partial charge in [0, 0.05) is 12.3 Å². The molecule has 116 valence electrons. The summed E-state index contributed by atoms with van der Waals surface area (Å²) in [5.41, 5.74) is -0.698. The van der Waals surface area contributed by atoms with Crippen LogP contribution in [0.2, 0.25) is 0 Å². The quantitative estimate of drug-likeness (QED) is 0.856. The maximum Gasteiger partial charge on any atom is 0.310 e. The van der Waals surface area contributed by atoms with Crippen LogP contribution in [-0.4, -0.2) is 21.2 Å². The fraction of sp³-hybridized carbons (Fsp3) is 0.812. The summed E-state index contributed by atoms with van der Waals surface area (Å²) in [6.07, 6.45) is 10.8. The normalized spacial score (nSPS) is 23.0. The lowest BCUT2D eigenvalue weighted by Gasteiger charge is -2.26. The third-order valence-electron chi connectivity index (χ3n) is 5.21. The molecule has 2 aliphatic carbocycles. The smallest absolute Gasteiger partial charge is 0.310 e. The monoisotopic (exact) mass is 292 g/mol. The highest BCUT2D eigenvalue weighted by atomic mass is 16.5. The molecule has 5 nitrogen and oxygen atoms in total. The van der Waals surface area contributed by atoms with Crippen molar-refractivity contribution in [3.05, 3.63) is 11.7 Å².